The molecule has 0 unspecified atom stereocenters. The van der Waals surface area contributed by atoms with Gasteiger partial charge in [0.15, 0.2) is 12.4 Å². The molecular weight excluding hydrogens is 382 g/mol. The van der Waals surface area contributed by atoms with Crippen LogP contribution >= 0.6 is 0 Å². The molecule has 0 radical (unpaired) electrons. The van der Waals surface area contributed by atoms with Crippen LogP contribution in [0.4, 0.5) is 5.69 Å². The van der Waals surface area contributed by atoms with E-state index in [4.69, 9.17) is 4.74 Å². The fourth-order valence-corrected chi connectivity index (χ4v) is 2.78. The van der Waals surface area contributed by atoms with Gasteiger partial charge < -0.3 is 10.1 Å². The average molecular weight is 399 g/mol. The molecule has 0 aliphatic rings. The number of carbonyl (C=O) groups excluding carboxylic acids is 2. The molecular formula is C22H17N5O3. The fraction of sp³-hybridized carbons (Fsp3) is 0.0455. The maximum absolute atomic E-state index is 12.4. The molecule has 0 aliphatic heterocycles. The first-order valence-electron chi connectivity index (χ1n) is 9.15. The summed E-state index contributed by atoms with van der Waals surface area (Å²) in [5.74, 6) is 0.142. The maximum Gasteiger partial charge on any atom is 0.262 e. The van der Waals surface area contributed by atoms with Crippen molar-refractivity contribution in [2.24, 2.45) is 0 Å². The van der Waals surface area contributed by atoms with Crippen molar-refractivity contribution in [2.45, 2.75) is 0 Å². The molecule has 4 aromatic rings. The number of tetrazole rings is 1. The van der Waals surface area contributed by atoms with Gasteiger partial charge in [0.25, 0.3) is 5.91 Å². The van der Waals surface area contributed by atoms with Crippen LogP contribution < -0.4 is 10.1 Å². The lowest BCUT2D eigenvalue weighted by Gasteiger charge is -2.09. The quantitative estimate of drug-likeness (QED) is 0.480. The third-order valence-electron chi connectivity index (χ3n) is 4.29. The molecule has 148 valence electrons. The molecule has 0 saturated carbocycles. The summed E-state index contributed by atoms with van der Waals surface area (Å²) in [6.07, 6.45) is 1.49. The van der Waals surface area contributed by atoms with Gasteiger partial charge in [-0.2, -0.15) is 0 Å². The van der Waals surface area contributed by atoms with E-state index < -0.39 is 0 Å². The Morgan fingerprint density at radius 3 is 2.23 bits per heavy atom. The number of nitrogens with zero attached hydrogens (tertiary/aromatic N) is 4. The molecule has 8 heteroatoms. The van der Waals surface area contributed by atoms with E-state index in [-0.39, 0.29) is 18.3 Å². The lowest BCUT2D eigenvalue weighted by atomic mass is 10.0. The third kappa shape index (κ3) is 4.56. The molecule has 1 amide bonds. The Bertz CT molecular complexity index is 1130. The molecule has 0 atom stereocenters. The number of aromatic nitrogens is 4. The highest BCUT2D eigenvalue weighted by Crippen LogP contribution is 2.16. The second kappa shape index (κ2) is 8.78. The highest BCUT2D eigenvalue weighted by atomic mass is 16.5. The normalized spacial score (nSPS) is 10.4. The monoisotopic (exact) mass is 399 g/mol. The Morgan fingerprint density at radius 2 is 1.57 bits per heavy atom. The minimum atomic E-state index is -0.297. The molecule has 30 heavy (non-hydrogen) atoms. The zero-order chi connectivity index (χ0) is 20.8. The number of anilines is 1. The van der Waals surface area contributed by atoms with Gasteiger partial charge in [0.05, 0.1) is 5.69 Å². The molecule has 0 aliphatic carbocycles. The van der Waals surface area contributed by atoms with E-state index in [1.54, 1.807) is 60.7 Å². The van der Waals surface area contributed by atoms with Crippen molar-refractivity contribution < 1.29 is 14.3 Å². The first-order valence-corrected chi connectivity index (χ1v) is 9.15. The van der Waals surface area contributed by atoms with Crippen LogP contribution in [0.1, 0.15) is 15.9 Å². The van der Waals surface area contributed by atoms with Crippen molar-refractivity contribution in [3.63, 3.8) is 0 Å². The Morgan fingerprint density at radius 1 is 0.867 bits per heavy atom. The fourth-order valence-electron chi connectivity index (χ4n) is 2.78. The van der Waals surface area contributed by atoms with Gasteiger partial charge >= 0.3 is 0 Å². The molecule has 1 aromatic heterocycles. The second-order valence-corrected chi connectivity index (χ2v) is 6.36. The standard InChI is InChI=1S/C22H17N5O3/c28-21(24-18-8-10-19(11-9-18)27-15-23-25-26-27)14-30-20-12-6-17(7-13-20)22(29)16-4-2-1-3-5-16/h1-13,15H,14H2,(H,24,28). The van der Waals surface area contributed by atoms with Crippen LogP contribution in [-0.4, -0.2) is 38.5 Å². The van der Waals surface area contributed by atoms with Crippen LogP contribution in [0.15, 0.2) is 85.2 Å². The summed E-state index contributed by atoms with van der Waals surface area (Å²) < 4.78 is 7.02. The van der Waals surface area contributed by atoms with E-state index in [0.29, 0.717) is 22.6 Å². The number of nitrogens with one attached hydrogen (secondary N) is 1. The van der Waals surface area contributed by atoms with Crippen molar-refractivity contribution in [2.75, 3.05) is 11.9 Å². The molecule has 0 fully saturated rings. The summed E-state index contributed by atoms with van der Waals surface area (Å²) >= 11 is 0. The van der Waals surface area contributed by atoms with E-state index in [1.807, 2.05) is 18.2 Å². The Balaban J connectivity index is 1.30. The summed E-state index contributed by atoms with van der Waals surface area (Å²) in [5, 5.41) is 13.7. The number of ketones is 1. The van der Waals surface area contributed by atoms with Gasteiger partial charge in [-0.3, -0.25) is 9.59 Å². The molecule has 4 rings (SSSR count). The number of rotatable bonds is 7. The molecule has 0 spiro atoms. The molecule has 8 nitrogen and oxygen atoms in total. The largest absolute Gasteiger partial charge is 0.484 e. The van der Waals surface area contributed by atoms with Crippen LogP contribution in [0.25, 0.3) is 5.69 Å². The molecule has 1 N–H and O–H groups in total. The summed E-state index contributed by atoms with van der Waals surface area (Å²) in [6, 6.07) is 22.8. The van der Waals surface area contributed by atoms with Crippen LogP contribution in [0.3, 0.4) is 0 Å². The number of carbonyl (C=O) groups is 2. The van der Waals surface area contributed by atoms with Crippen molar-refractivity contribution in [1.29, 1.82) is 0 Å². The van der Waals surface area contributed by atoms with E-state index in [2.05, 4.69) is 20.8 Å². The number of amides is 1. The maximum atomic E-state index is 12.4. The number of hydrogen-bond acceptors (Lipinski definition) is 6. The van der Waals surface area contributed by atoms with Crippen LogP contribution in [0, 0.1) is 0 Å². The van der Waals surface area contributed by atoms with E-state index in [9.17, 15) is 9.59 Å². The van der Waals surface area contributed by atoms with Crippen LogP contribution in [0.2, 0.25) is 0 Å². The predicted molar refractivity (Wildman–Crippen MR) is 110 cm³/mol. The topological polar surface area (TPSA) is 99.0 Å². The summed E-state index contributed by atoms with van der Waals surface area (Å²) in [5.41, 5.74) is 2.58. The first kappa shape index (κ1) is 19.0. The molecule has 3 aromatic carbocycles. The second-order valence-electron chi connectivity index (χ2n) is 6.36. The van der Waals surface area contributed by atoms with E-state index in [0.717, 1.165) is 5.69 Å². The van der Waals surface area contributed by atoms with E-state index >= 15 is 0 Å². The molecule has 0 bridgehead atoms. The van der Waals surface area contributed by atoms with Gasteiger partial charge in [-0.15, -0.1) is 5.10 Å². The van der Waals surface area contributed by atoms with Crippen LogP contribution in [0.5, 0.6) is 5.75 Å². The SMILES string of the molecule is O=C(COc1ccc(C(=O)c2ccccc2)cc1)Nc1ccc(-n2cnnn2)cc1. The van der Waals surface area contributed by atoms with Crippen molar-refractivity contribution in [1.82, 2.24) is 20.2 Å². The van der Waals surface area contributed by atoms with Gasteiger partial charge in [0, 0.05) is 16.8 Å². The highest BCUT2D eigenvalue weighted by molar-refractivity contribution is 6.09. The minimum absolute atomic E-state index is 0.0648. The number of hydrogen-bond donors (Lipinski definition) is 1. The summed E-state index contributed by atoms with van der Waals surface area (Å²) in [7, 11) is 0. The van der Waals surface area contributed by atoms with E-state index in [1.165, 1.54) is 11.0 Å². The average Bonchev–Trinajstić information content (AvgIpc) is 3.34. The summed E-state index contributed by atoms with van der Waals surface area (Å²) in [4.78, 5) is 24.5. The molecule has 0 saturated heterocycles. The smallest absolute Gasteiger partial charge is 0.262 e. The zero-order valence-corrected chi connectivity index (χ0v) is 15.8. The minimum Gasteiger partial charge on any atom is -0.484 e. The Labute approximate surface area is 172 Å². The Kier molecular flexibility index (Phi) is 5.56. The lowest BCUT2D eigenvalue weighted by molar-refractivity contribution is -0.118. The van der Waals surface area contributed by atoms with Gasteiger partial charge in [0.2, 0.25) is 0 Å². The van der Waals surface area contributed by atoms with Crippen molar-refractivity contribution in [3.8, 4) is 11.4 Å². The third-order valence-corrected chi connectivity index (χ3v) is 4.29. The highest BCUT2D eigenvalue weighted by Gasteiger charge is 2.09. The van der Waals surface area contributed by atoms with Gasteiger partial charge in [-0.25, -0.2) is 4.68 Å². The van der Waals surface area contributed by atoms with Crippen molar-refractivity contribution >= 4 is 17.4 Å². The van der Waals surface area contributed by atoms with Gasteiger partial charge in [-0.05, 0) is 59.0 Å². The first-order chi connectivity index (χ1) is 14.7. The van der Waals surface area contributed by atoms with Gasteiger partial charge in [-0.1, -0.05) is 30.3 Å². The number of benzene rings is 3. The van der Waals surface area contributed by atoms with Crippen LogP contribution in [-0.2, 0) is 4.79 Å². The molecule has 1 heterocycles. The Hall–Kier alpha value is -4.33. The number of ether oxygens (including phenoxy) is 1. The summed E-state index contributed by atoms with van der Waals surface area (Å²) in [6.45, 7) is -0.152. The lowest BCUT2D eigenvalue weighted by Crippen LogP contribution is -2.20. The zero-order valence-electron chi connectivity index (χ0n) is 15.8. The predicted octanol–water partition coefficient (Wildman–Crippen LogP) is 2.91. The van der Waals surface area contributed by atoms with Gasteiger partial charge in [0.1, 0.15) is 12.1 Å². The van der Waals surface area contributed by atoms with Crippen molar-refractivity contribution in [3.05, 3.63) is 96.3 Å².